The van der Waals surface area contributed by atoms with Gasteiger partial charge in [0.1, 0.15) is 6.54 Å². The van der Waals surface area contributed by atoms with Crippen LogP contribution in [0.15, 0.2) is 45.9 Å². The molecule has 1 saturated heterocycles. The zero-order valence-corrected chi connectivity index (χ0v) is 15.8. The van der Waals surface area contributed by atoms with Crippen molar-refractivity contribution in [3.63, 3.8) is 0 Å². The Morgan fingerprint density at radius 1 is 1.36 bits per heavy atom. The van der Waals surface area contributed by atoms with Gasteiger partial charge < -0.3 is 14.6 Å². The quantitative estimate of drug-likeness (QED) is 0.653. The number of aromatic nitrogens is 1. The monoisotopic (exact) mass is 358 g/mol. The molecule has 1 N–H and O–H groups in total. The standard InChI is InChI=1S/C19H26N4OS/c1-3-16-14-23(10-11-25-16)19(20-4-2)22-13-18-21-12-17(24-18)15-8-6-5-7-9-15/h5-9,12,16H,3-4,10-11,13-14H2,1-2H3,(H,20,22). The number of thioether (sulfide) groups is 1. The minimum atomic E-state index is 0.454. The summed E-state index contributed by atoms with van der Waals surface area (Å²) in [5, 5.41) is 4.09. The Bertz CT molecular complexity index is 686. The molecule has 2 heterocycles. The van der Waals surface area contributed by atoms with Gasteiger partial charge in [0.25, 0.3) is 0 Å². The van der Waals surface area contributed by atoms with E-state index in [1.54, 1.807) is 6.20 Å². The number of benzene rings is 1. The van der Waals surface area contributed by atoms with Crippen LogP contribution < -0.4 is 5.32 Å². The van der Waals surface area contributed by atoms with Gasteiger partial charge in [-0.05, 0) is 13.3 Å². The van der Waals surface area contributed by atoms with Gasteiger partial charge in [0.2, 0.25) is 5.89 Å². The Kier molecular flexibility index (Phi) is 6.39. The maximum absolute atomic E-state index is 5.86. The largest absolute Gasteiger partial charge is 0.439 e. The average molecular weight is 359 g/mol. The van der Waals surface area contributed by atoms with Crippen molar-refractivity contribution in [1.29, 1.82) is 0 Å². The summed E-state index contributed by atoms with van der Waals surface area (Å²) in [6.45, 7) is 7.75. The van der Waals surface area contributed by atoms with Crippen LogP contribution in [0.3, 0.4) is 0 Å². The van der Waals surface area contributed by atoms with Gasteiger partial charge in [-0.3, -0.25) is 0 Å². The topological polar surface area (TPSA) is 53.7 Å². The molecule has 0 spiro atoms. The van der Waals surface area contributed by atoms with E-state index in [0.717, 1.165) is 42.7 Å². The maximum Gasteiger partial charge on any atom is 0.216 e. The highest BCUT2D eigenvalue weighted by Crippen LogP contribution is 2.22. The van der Waals surface area contributed by atoms with Crippen LogP contribution >= 0.6 is 11.8 Å². The number of rotatable bonds is 5. The Morgan fingerprint density at radius 3 is 2.96 bits per heavy atom. The van der Waals surface area contributed by atoms with Gasteiger partial charge in [-0.1, -0.05) is 37.3 Å². The highest BCUT2D eigenvalue weighted by atomic mass is 32.2. The minimum absolute atomic E-state index is 0.454. The lowest BCUT2D eigenvalue weighted by Crippen LogP contribution is -2.48. The first-order chi connectivity index (χ1) is 12.3. The first-order valence-corrected chi connectivity index (χ1v) is 10.00. The number of nitrogens with zero attached hydrogens (tertiary/aromatic N) is 3. The van der Waals surface area contributed by atoms with Gasteiger partial charge in [-0.15, -0.1) is 0 Å². The van der Waals surface area contributed by atoms with E-state index in [2.05, 4.69) is 40.8 Å². The Balaban J connectivity index is 1.68. The van der Waals surface area contributed by atoms with Gasteiger partial charge in [0.15, 0.2) is 11.7 Å². The highest BCUT2D eigenvalue weighted by molar-refractivity contribution is 8.00. The zero-order valence-electron chi connectivity index (χ0n) is 14.9. The van der Waals surface area contributed by atoms with Crippen molar-refractivity contribution < 1.29 is 4.42 Å². The fourth-order valence-electron chi connectivity index (χ4n) is 2.85. The number of hydrogen-bond donors (Lipinski definition) is 1. The lowest BCUT2D eigenvalue weighted by molar-refractivity contribution is 0.406. The van der Waals surface area contributed by atoms with E-state index in [1.807, 2.05) is 30.3 Å². The minimum Gasteiger partial charge on any atom is -0.439 e. The van der Waals surface area contributed by atoms with Gasteiger partial charge in [0, 0.05) is 36.2 Å². The fourth-order valence-corrected chi connectivity index (χ4v) is 4.03. The molecule has 1 fully saturated rings. The van der Waals surface area contributed by atoms with Crippen molar-refractivity contribution in [2.75, 3.05) is 25.4 Å². The third-order valence-electron chi connectivity index (χ3n) is 4.20. The number of oxazole rings is 1. The molecule has 6 heteroatoms. The summed E-state index contributed by atoms with van der Waals surface area (Å²) >= 11 is 2.06. The second kappa shape index (κ2) is 8.94. The second-order valence-corrected chi connectivity index (χ2v) is 7.41. The first-order valence-electron chi connectivity index (χ1n) is 8.95. The van der Waals surface area contributed by atoms with Crippen molar-refractivity contribution in [2.24, 2.45) is 4.99 Å². The van der Waals surface area contributed by atoms with E-state index in [4.69, 9.17) is 9.41 Å². The molecule has 5 nitrogen and oxygen atoms in total. The maximum atomic E-state index is 5.86. The summed E-state index contributed by atoms with van der Waals surface area (Å²) in [5.41, 5.74) is 1.04. The molecular weight excluding hydrogens is 332 g/mol. The summed E-state index contributed by atoms with van der Waals surface area (Å²) in [7, 11) is 0. The molecule has 1 atom stereocenters. The highest BCUT2D eigenvalue weighted by Gasteiger charge is 2.21. The normalized spacial score (nSPS) is 18.4. The number of guanidine groups is 1. The van der Waals surface area contributed by atoms with Gasteiger partial charge in [-0.25, -0.2) is 9.98 Å². The predicted octanol–water partition coefficient (Wildman–Crippen LogP) is 3.63. The molecule has 0 amide bonds. The van der Waals surface area contributed by atoms with Crippen LogP contribution in [0.1, 0.15) is 26.2 Å². The Hall–Kier alpha value is -1.95. The van der Waals surface area contributed by atoms with E-state index in [1.165, 1.54) is 6.42 Å². The van der Waals surface area contributed by atoms with Crippen LogP contribution in [-0.4, -0.2) is 46.5 Å². The van der Waals surface area contributed by atoms with E-state index in [9.17, 15) is 0 Å². The molecule has 25 heavy (non-hydrogen) atoms. The van der Waals surface area contributed by atoms with Gasteiger partial charge in [0.05, 0.1) is 6.20 Å². The lowest BCUT2D eigenvalue weighted by Gasteiger charge is -2.34. The lowest BCUT2D eigenvalue weighted by atomic mass is 10.2. The zero-order chi connectivity index (χ0) is 17.5. The van der Waals surface area contributed by atoms with Gasteiger partial charge in [-0.2, -0.15) is 11.8 Å². The van der Waals surface area contributed by atoms with Crippen LogP contribution in [0, 0.1) is 0 Å². The van der Waals surface area contributed by atoms with E-state index in [0.29, 0.717) is 17.7 Å². The molecule has 1 aliphatic heterocycles. The molecule has 1 aliphatic rings. The SMILES string of the molecule is CCNC(=NCc1ncc(-c2ccccc2)o1)N1CCSC(CC)C1. The van der Waals surface area contributed by atoms with E-state index < -0.39 is 0 Å². The van der Waals surface area contributed by atoms with Crippen LogP contribution in [0.2, 0.25) is 0 Å². The first kappa shape index (κ1) is 17.9. The molecule has 3 rings (SSSR count). The number of aliphatic imine (C=N–C) groups is 1. The Labute approximate surface area is 153 Å². The smallest absolute Gasteiger partial charge is 0.216 e. The van der Waals surface area contributed by atoms with Crippen LogP contribution in [0.4, 0.5) is 0 Å². The van der Waals surface area contributed by atoms with E-state index in [-0.39, 0.29) is 0 Å². The molecule has 0 saturated carbocycles. The van der Waals surface area contributed by atoms with Gasteiger partial charge >= 0.3 is 0 Å². The second-order valence-electron chi connectivity index (χ2n) is 6.00. The molecule has 1 aromatic heterocycles. The number of nitrogens with one attached hydrogen (secondary N) is 1. The summed E-state index contributed by atoms with van der Waals surface area (Å²) in [4.78, 5) is 11.5. The summed E-state index contributed by atoms with van der Waals surface area (Å²) in [6.07, 6.45) is 2.97. The Morgan fingerprint density at radius 2 is 2.20 bits per heavy atom. The van der Waals surface area contributed by atoms with Crippen molar-refractivity contribution in [2.45, 2.75) is 32.1 Å². The van der Waals surface area contributed by atoms with Crippen LogP contribution in [-0.2, 0) is 6.54 Å². The van der Waals surface area contributed by atoms with E-state index >= 15 is 0 Å². The third-order valence-corrected chi connectivity index (χ3v) is 5.58. The number of hydrogen-bond acceptors (Lipinski definition) is 4. The van der Waals surface area contributed by atoms with Crippen molar-refractivity contribution >= 4 is 17.7 Å². The van der Waals surface area contributed by atoms with Crippen molar-refractivity contribution in [1.82, 2.24) is 15.2 Å². The summed E-state index contributed by atoms with van der Waals surface area (Å²) in [6, 6.07) is 10.0. The molecule has 134 valence electrons. The summed E-state index contributed by atoms with van der Waals surface area (Å²) < 4.78 is 5.86. The molecule has 0 bridgehead atoms. The molecule has 0 radical (unpaired) electrons. The van der Waals surface area contributed by atoms with Crippen molar-refractivity contribution in [3.05, 3.63) is 42.4 Å². The molecule has 2 aromatic rings. The fraction of sp³-hybridized carbons (Fsp3) is 0.474. The average Bonchev–Trinajstić information content (AvgIpc) is 3.15. The summed E-state index contributed by atoms with van der Waals surface area (Å²) in [5.74, 6) is 3.55. The molecule has 1 unspecified atom stereocenters. The molecular formula is C19H26N4OS. The molecule has 1 aromatic carbocycles. The van der Waals surface area contributed by atoms with Crippen LogP contribution in [0.5, 0.6) is 0 Å². The van der Waals surface area contributed by atoms with Crippen LogP contribution in [0.25, 0.3) is 11.3 Å². The molecule has 0 aliphatic carbocycles. The predicted molar refractivity (Wildman–Crippen MR) is 105 cm³/mol. The third kappa shape index (κ3) is 4.78. The van der Waals surface area contributed by atoms with Crippen molar-refractivity contribution in [3.8, 4) is 11.3 Å².